The number of methoxy groups -OCH3 is 3. The second-order valence-corrected chi connectivity index (χ2v) is 10.2. The molecule has 46 heavy (non-hydrogen) atoms. The predicted molar refractivity (Wildman–Crippen MR) is 173 cm³/mol. The van der Waals surface area contributed by atoms with Crippen LogP contribution in [0.5, 0.6) is 17.2 Å². The number of carbonyl (C=O) groups excluding carboxylic acids is 2. The molecule has 2 amide bonds. The average Bonchev–Trinajstić information content (AvgIpc) is 3.40. The molecule has 0 aliphatic carbocycles. The van der Waals surface area contributed by atoms with Gasteiger partial charge in [-0.15, -0.1) is 0 Å². The Bertz CT molecular complexity index is 1750. The highest BCUT2D eigenvalue weighted by Crippen LogP contribution is 2.38. The third-order valence-electron chi connectivity index (χ3n) is 7.19. The minimum absolute atomic E-state index is 0.00275. The van der Waals surface area contributed by atoms with Gasteiger partial charge in [-0.2, -0.15) is 0 Å². The van der Waals surface area contributed by atoms with Gasteiger partial charge in [0.05, 0.1) is 32.9 Å². The fourth-order valence-corrected chi connectivity index (χ4v) is 4.92. The van der Waals surface area contributed by atoms with Gasteiger partial charge in [0.2, 0.25) is 5.91 Å². The second-order valence-electron chi connectivity index (χ2n) is 10.2. The van der Waals surface area contributed by atoms with E-state index in [1.165, 1.54) is 12.0 Å². The molecule has 4 aromatic rings. The van der Waals surface area contributed by atoms with Crippen LogP contribution in [-0.2, 0) is 22.6 Å². The largest absolute Gasteiger partial charge is 0.497 e. The molecule has 12 heteroatoms. The number of hydrogen-bond donors (Lipinski definition) is 3. The van der Waals surface area contributed by atoms with Crippen LogP contribution < -0.4 is 30.2 Å². The van der Waals surface area contributed by atoms with Crippen molar-refractivity contribution in [2.24, 2.45) is 0 Å². The van der Waals surface area contributed by atoms with Crippen molar-refractivity contribution >= 4 is 40.5 Å². The van der Waals surface area contributed by atoms with E-state index in [9.17, 15) is 9.59 Å². The normalized spacial score (nSPS) is 11.9. The average molecular weight is 628 g/mol. The molecular weight excluding hydrogens is 593 g/mol. The molecule has 0 unspecified atom stereocenters. The van der Waals surface area contributed by atoms with E-state index in [0.717, 1.165) is 11.6 Å². The van der Waals surface area contributed by atoms with Crippen molar-refractivity contribution in [1.29, 1.82) is 0 Å². The van der Waals surface area contributed by atoms with E-state index in [4.69, 9.17) is 18.9 Å². The highest BCUT2D eigenvalue weighted by atomic mass is 19.1. The SMILES string of the molecule is C=CC(=O)Nc1cccc(Nc2nc(Nc3ccc(OCCOC)cc3)c3c(c2F)CN(Cc2ccc(OC)cc2OC)C3=O)c1. The van der Waals surface area contributed by atoms with Crippen molar-refractivity contribution in [3.63, 3.8) is 0 Å². The molecule has 0 bridgehead atoms. The van der Waals surface area contributed by atoms with Gasteiger partial charge < -0.3 is 39.8 Å². The summed E-state index contributed by atoms with van der Waals surface area (Å²) in [4.78, 5) is 31.7. The number of aromatic nitrogens is 1. The fraction of sp³-hybridized carbons (Fsp3) is 0.206. The molecule has 0 fully saturated rings. The fourth-order valence-electron chi connectivity index (χ4n) is 4.92. The Morgan fingerprint density at radius 3 is 2.39 bits per heavy atom. The van der Waals surface area contributed by atoms with Crippen molar-refractivity contribution in [2.45, 2.75) is 13.1 Å². The first-order valence-corrected chi connectivity index (χ1v) is 14.3. The van der Waals surface area contributed by atoms with E-state index in [1.807, 2.05) is 6.07 Å². The first-order valence-electron chi connectivity index (χ1n) is 14.3. The van der Waals surface area contributed by atoms with Crippen LogP contribution in [0.3, 0.4) is 0 Å². The summed E-state index contributed by atoms with van der Waals surface area (Å²) in [5, 5.41) is 8.88. The summed E-state index contributed by atoms with van der Waals surface area (Å²) < 4.78 is 37.7. The molecule has 0 atom stereocenters. The molecule has 2 heterocycles. The summed E-state index contributed by atoms with van der Waals surface area (Å²) in [6.45, 7) is 4.48. The van der Waals surface area contributed by atoms with Crippen molar-refractivity contribution in [3.05, 3.63) is 102 Å². The van der Waals surface area contributed by atoms with E-state index in [1.54, 1.807) is 74.9 Å². The topological polar surface area (TPSA) is 123 Å². The molecule has 1 aliphatic rings. The van der Waals surface area contributed by atoms with Gasteiger partial charge in [0.15, 0.2) is 11.6 Å². The molecule has 0 saturated heterocycles. The number of amides is 2. The Morgan fingerprint density at radius 1 is 0.935 bits per heavy atom. The van der Waals surface area contributed by atoms with E-state index < -0.39 is 5.82 Å². The number of carbonyl (C=O) groups is 2. The summed E-state index contributed by atoms with van der Waals surface area (Å²) in [6.07, 6.45) is 1.16. The van der Waals surface area contributed by atoms with Crippen LogP contribution in [-0.4, -0.2) is 56.2 Å². The zero-order chi connectivity index (χ0) is 32.6. The molecule has 0 radical (unpaired) electrons. The summed E-state index contributed by atoms with van der Waals surface area (Å²) in [7, 11) is 4.69. The first-order chi connectivity index (χ1) is 22.3. The van der Waals surface area contributed by atoms with Gasteiger partial charge in [-0.05, 0) is 60.7 Å². The Balaban J connectivity index is 1.48. The van der Waals surface area contributed by atoms with E-state index in [-0.39, 0.29) is 47.7 Å². The lowest BCUT2D eigenvalue weighted by Crippen LogP contribution is -2.24. The van der Waals surface area contributed by atoms with Crippen LogP contribution in [0, 0.1) is 5.82 Å². The van der Waals surface area contributed by atoms with Crippen LogP contribution in [0.1, 0.15) is 21.5 Å². The lowest BCUT2D eigenvalue weighted by molar-refractivity contribution is -0.111. The maximum absolute atomic E-state index is 16.2. The molecule has 238 valence electrons. The van der Waals surface area contributed by atoms with Crippen LogP contribution in [0.4, 0.5) is 33.1 Å². The zero-order valence-electron chi connectivity index (χ0n) is 25.7. The Morgan fingerprint density at radius 2 is 1.67 bits per heavy atom. The maximum atomic E-state index is 16.2. The number of nitrogens with one attached hydrogen (secondary N) is 3. The lowest BCUT2D eigenvalue weighted by atomic mass is 10.1. The van der Waals surface area contributed by atoms with Gasteiger partial charge in [0.1, 0.15) is 29.7 Å². The van der Waals surface area contributed by atoms with E-state index >= 15 is 4.39 Å². The smallest absolute Gasteiger partial charge is 0.258 e. The molecular formula is C34H34FN5O6. The maximum Gasteiger partial charge on any atom is 0.258 e. The summed E-state index contributed by atoms with van der Waals surface area (Å²) in [5.74, 6) is 0.439. The van der Waals surface area contributed by atoms with Gasteiger partial charge in [-0.1, -0.05) is 12.6 Å². The Hall–Kier alpha value is -5.62. The number of hydrogen-bond acceptors (Lipinski definition) is 9. The van der Waals surface area contributed by atoms with Gasteiger partial charge in [0.25, 0.3) is 5.91 Å². The summed E-state index contributed by atoms with van der Waals surface area (Å²) >= 11 is 0. The van der Waals surface area contributed by atoms with Gasteiger partial charge in [0, 0.05) is 47.9 Å². The number of anilines is 5. The van der Waals surface area contributed by atoms with Crippen molar-refractivity contribution < 1.29 is 32.9 Å². The third kappa shape index (κ3) is 7.19. The van der Waals surface area contributed by atoms with E-state index in [0.29, 0.717) is 47.5 Å². The Kier molecular flexibility index (Phi) is 9.98. The van der Waals surface area contributed by atoms with Gasteiger partial charge in [-0.3, -0.25) is 9.59 Å². The minimum atomic E-state index is -0.666. The van der Waals surface area contributed by atoms with Crippen molar-refractivity contribution in [3.8, 4) is 17.2 Å². The second kappa shape index (κ2) is 14.4. The minimum Gasteiger partial charge on any atom is -0.497 e. The summed E-state index contributed by atoms with van der Waals surface area (Å²) in [6, 6.07) is 19.2. The molecule has 0 saturated carbocycles. The number of ether oxygens (including phenoxy) is 4. The van der Waals surface area contributed by atoms with Gasteiger partial charge >= 0.3 is 0 Å². The van der Waals surface area contributed by atoms with Crippen molar-refractivity contribution in [1.82, 2.24) is 9.88 Å². The molecule has 11 nitrogen and oxygen atoms in total. The van der Waals surface area contributed by atoms with E-state index in [2.05, 4.69) is 27.5 Å². The van der Waals surface area contributed by atoms with Crippen molar-refractivity contribution in [2.75, 3.05) is 50.5 Å². The number of pyridine rings is 1. The third-order valence-corrected chi connectivity index (χ3v) is 7.19. The first kappa shape index (κ1) is 31.8. The molecule has 0 spiro atoms. The zero-order valence-corrected chi connectivity index (χ0v) is 25.7. The van der Waals surface area contributed by atoms with Crippen LogP contribution in [0.15, 0.2) is 79.4 Å². The lowest BCUT2D eigenvalue weighted by Gasteiger charge is -2.18. The standard InChI is InChI=1S/C34H34FN5O6/c1-5-29(41)36-23-7-6-8-24(17-23)38-33-31(35)27-20-40(19-21-9-12-26(44-3)18-28(21)45-4)34(42)30(27)32(39-33)37-22-10-13-25(14-11-22)46-16-15-43-2/h5-14,17-18H,1,15-16,19-20H2,2-4H3,(H,36,41)(H2,37,38,39). The summed E-state index contributed by atoms with van der Waals surface area (Å²) in [5.41, 5.74) is 2.62. The molecule has 5 rings (SSSR count). The quantitative estimate of drug-likeness (QED) is 0.114. The number of rotatable bonds is 14. The molecule has 3 aromatic carbocycles. The highest BCUT2D eigenvalue weighted by Gasteiger charge is 2.36. The Labute approximate surface area is 265 Å². The molecule has 3 N–H and O–H groups in total. The molecule has 1 aromatic heterocycles. The van der Waals surface area contributed by atoms with Crippen LogP contribution >= 0.6 is 0 Å². The molecule has 1 aliphatic heterocycles. The van der Waals surface area contributed by atoms with Crippen LogP contribution in [0.25, 0.3) is 0 Å². The van der Waals surface area contributed by atoms with Crippen LogP contribution in [0.2, 0.25) is 0 Å². The number of benzene rings is 3. The number of nitrogens with zero attached hydrogens (tertiary/aromatic N) is 2. The number of halogens is 1. The monoisotopic (exact) mass is 627 g/mol. The van der Waals surface area contributed by atoms with Gasteiger partial charge in [-0.25, -0.2) is 9.37 Å². The number of fused-ring (bicyclic) bond motifs is 1. The highest BCUT2D eigenvalue weighted by molar-refractivity contribution is 6.04. The predicted octanol–water partition coefficient (Wildman–Crippen LogP) is 6.03.